The summed E-state index contributed by atoms with van der Waals surface area (Å²) in [6, 6.07) is 7.10. The minimum Gasteiger partial charge on any atom is -0.479 e. The number of carbonyl (C=O) groups excluding carboxylic acids is 1. The Labute approximate surface area is 137 Å². The second kappa shape index (κ2) is 6.39. The minimum atomic E-state index is -1.07. The lowest BCUT2D eigenvalue weighted by Gasteiger charge is -2.30. The molecule has 1 aromatic heterocycles. The molecule has 0 aliphatic carbocycles. The molecule has 23 heavy (non-hydrogen) atoms. The quantitative estimate of drug-likeness (QED) is 0.917. The van der Waals surface area contributed by atoms with Crippen LogP contribution in [0.3, 0.4) is 0 Å². The molecule has 1 amide bonds. The van der Waals surface area contributed by atoms with Crippen molar-refractivity contribution in [3.8, 4) is 5.69 Å². The normalized spacial score (nSPS) is 18.0. The molecule has 0 spiro atoms. The SMILES string of the molecule is O=C(O)[C@@H]1CN(C(=O)c2cnn(-c3cccc(Cl)c3)c2)CCO1. The van der Waals surface area contributed by atoms with E-state index in [0.717, 1.165) is 5.69 Å². The van der Waals surface area contributed by atoms with Crippen LogP contribution in [0.15, 0.2) is 36.7 Å². The fraction of sp³-hybridized carbons (Fsp3) is 0.267. The van der Waals surface area contributed by atoms with Crippen molar-refractivity contribution in [3.05, 3.63) is 47.2 Å². The number of aromatic nitrogens is 2. The molecule has 7 nitrogen and oxygen atoms in total. The molecular weight excluding hydrogens is 322 g/mol. The lowest BCUT2D eigenvalue weighted by atomic mass is 10.2. The molecule has 2 heterocycles. The Morgan fingerprint density at radius 2 is 2.22 bits per heavy atom. The van der Waals surface area contributed by atoms with Gasteiger partial charge in [0.2, 0.25) is 0 Å². The van der Waals surface area contributed by atoms with Crippen LogP contribution in [0.4, 0.5) is 0 Å². The maximum absolute atomic E-state index is 12.5. The number of aliphatic carboxylic acids is 1. The largest absolute Gasteiger partial charge is 0.479 e. The maximum atomic E-state index is 12.5. The molecule has 0 bridgehead atoms. The minimum absolute atomic E-state index is 0.0243. The zero-order chi connectivity index (χ0) is 16.4. The van der Waals surface area contributed by atoms with Crippen molar-refractivity contribution < 1.29 is 19.4 Å². The molecule has 2 aromatic rings. The molecule has 3 rings (SSSR count). The third kappa shape index (κ3) is 3.35. The van der Waals surface area contributed by atoms with Gasteiger partial charge in [0.15, 0.2) is 6.10 Å². The van der Waals surface area contributed by atoms with E-state index in [4.69, 9.17) is 21.4 Å². The van der Waals surface area contributed by atoms with Gasteiger partial charge in [-0.05, 0) is 18.2 Å². The molecule has 8 heteroatoms. The topological polar surface area (TPSA) is 84.7 Å². The van der Waals surface area contributed by atoms with Gasteiger partial charge in [-0.1, -0.05) is 17.7 Å². The molecule has 1 aliphatic heterocycles. The summed E-state index contributed by atoms with van der Waals surface area (Å²) >= 11 is 5.95. The molecule has 120 valence electrons. The van der Waals surface area contributed by atoms with E-state index < -0.39 is 12.1 Å². The van der Waals surface area contributed by atoms with Crippen LogP contribution in [0, 0.1) is 0 Å². The summed E-state index contributed by atoms with van der Waals surface area (Å²) < 4.78 is 6.66. The molecule has 1 N–H and O–H groups in total. The lowest BCUT2D eigenvalue weighted by Crippen LogP contribution is -2.48. The third-order valence-corrected chi connectivity index (χ3v) is 3.77. The zero-order valence-electron chi connectivity index (χ0n) is 12.1. The Morgan fingerprint density at radius 3 is 2.96 bits per heavy atom. The summed E-state index contributed by atoms with van der Waals surface area (Å²) in [6.45, 7) is 0.576. The summed E-state index contributed by atoms with van der Waals surface area (Å²) in [5.74, 6) is -1.34. The predicted molar refractivity (Wildman–Crippen MR) is 81.9 cm³/mol. The summed E-state index contributed by atoms with van der Waals surface area (Å²) in [7, 11) is 0. The van der Waals surface area contributed by atoms with Gasteiger partial charge in [0.05, 0.1) is 30.6 Å². The number of carboxylic acids is 1. The third-order valence-electron chi connectivity index (χ3n) is 3.53. The maximum Gasteiger partial charge on any atom is 0.334 e. The molecule has 1 saturated heterocycles. The number of rotatable bonds is 3. The van der Waals surface area contributed by atoms with E-state index in [1.54, 1.807) is 29.1 Å². The first-order valence-corrected chi connectivity index (χ1v) is 7.36. The van der Waals surface area contributed by atoms with Crippen LogP contribution in [0.5, 0.6) is 0 Å². The summed E-state index contributed by atoms with van der Waals surface area (Å²) in [4.78, 5) is 24.9. The highest BCUT2D eigenvalue weighted by Gasteiger charge is 2.29. The predicted octanol–water partition coefficient (Wildman–Crippen LogP) is 1.45. The standard InChI is InChI=1S/C15H14ClN3O4/c16-11-2-1-3-12(6-11)19-8-10(7-17-19)14(20)18-4-5-23-13(9-18)15(21)22/h1-3,6-8,13H,4-5,9H2,(H,21,22)/t13-/m0/s1. The number of benzene rings is 1. The molecule has 0 unspecified atom stereocenters. The summed E-state index contributed by atoms with van der Waals surface area (Å²) in [5.41, 5.74) is 1.12. The molecule has 1 aromatic carbocycles. The van der Waals surface area contributed by atoms with Crippen molar-refractivity contribution in [2.24, 2.45) is 0 Å². The van der Waals surface area contributed by atoms with E-state index in [1.807, 2.05) is 6.07 Å². The Balaban J connectivity index is 1.77. The second-order valence-electron chi connectivity index (χ2n) is 5.10. The van der Waals surface area contributed by atoms with Gasteiger partial charge in [0, 0.05) is 17.8 Å². The first-order chi connectivity index (χ1) is 11.0. The first-order valence-electron chi connectivity index (χ1n) is 6.99. The Bertz CT molecular complexity index is 746. The Hall–Kier alpha value is -2.38. The van der Waals surface area contributed by atoms with Crippen LogP contribution in [0.1, 0.15) is 10.4 Å². The molecule has 0 saturated carbocycles. The van der Waals surface area contributed by atoms with Crippen molar-refractivity contribution in [3.63, 3.8) is 0 Å². The monoisotopic (exact) mass is 335 g/mol. The summed E-state index contributed by atoms with van der Waals surface area (Å²) in [5, 5.41) is 13.7. The van der Waals surface area contributed by atoms with Crippen LogP contribution in [-0.2, 0) is 9.53 Å². The van der Waals surface area contributed by atoms with Crippen molar-refractivity contribution in [2.45, 2.75) is 6.10 Å². The number of hydrogen-bond donors (Lipinski definition) is 1. The van der Waals surface area contributed by atoms with E-state index in [9.17, 15) is 9.59 Å². The second-order valence-corrected chi connectivity index (χ2v) is 5.54. The van der Waals surface area contributed by atoms with Crippen molar-refractivity contribution in [1.82, 2.24) is 14.7 Å². The number of amides is 1. The highest BCUT2D eigenvalue weighted by molar-refractivity contribution is 6.30. The van der Waals surface area contributed by atoms with Gasteiger partial charge in [0.25, 0.3) is 5.91 Å². The van der Waals surface area contributed by atoms with Gasteiger partial charge in [-0.15, -0.1) is 0 Å². The van der Waals surface area contributed by atoms with Gasteiger partial charge < -0.3 is 14.7 Å². The van der Waals surface area contributed by atoms with Gasteiger partial charge >= 0.3 is 5.97 Å². The van der Waals surface area contributed by atoms with Gasteiger partial charge in [-0.3, -0.25) is 4.79 Å². The number of carboxylic acid groups (broad SMARTS) is 1. The smallest absolute Gasteiger partial charge is 0.334 e. The van der Waals surface area contributed by atoms with Crippen molar-refractivity contribution in [1.29, 1.82) is 0 Å². The van der Waals surface area contributed by atoms with Crippen LogP contribution in [0.2, 0.25) is 5.02 Å². The van der Waals surface area contributed by atoms with Gasteiger partial charge in [-0.2, -0.15) is 5.10 Å². The zero-order valence-corrected chi connectivity index (χ0v) is 12.8. The van der Waals surface area contributed by atoms with Crippen LogP contribution < -0.4 is 0 Å². The Kier molecular flexibility index (Phi) is 4.31. The number of carbonyl (C=O) groups is 2. The van der Waals surface area contributed by atoms with E-state index in [0.29, 0.717) is 17.1 Å². The number of hydrogen-bond acceptors (Lipinski definition) is 4. The highest BCUT2D eigenvalue weighted by Crippen LogP contribution is 2.16. The van der Waals surface area contributed by atoms with E-state index >= 15 is 0 Å². The molecule has 1 aliphatic rings. The molecular formula is C15H14ClN3O4. The first kappa shape index (κ1) is 15.5. The van der Waals surface area contributed by atoms with E-state index in [1.165, 1.54) is 11.1 Å². The van der Waals surface area contributed by atoms with Crippen molar-refractivity contribution >= 4 is 23.5 Å². The van der Waals surface area contributed by atoms with Crippen LogP contribution in [-0.4, -0.2) is 57.5 Å². The van der Waals surface area contributed by atoms with E-state index in [2.05, 4.69) is 5.10 Å². The summed E-state index contributed by atoms with van der Waals surface area (Å²) in [6.07, 6.45) is 2.06. The van der Waals surface area contributed by atoms with Gasteiger partial charge in [-0.25, -0.2) is 9.48 Å². The molecule has 1 fully saturated rings. The fourth-order valence-electron chi connectivity index (χ4n) is 2.36. The lowest BCUT2D eigenvalue weighted by molar-refractivity contribution is -0.154. The van der Waals surface area contributed by atoms with E-state index in [-0.39, 0.29) is 19.1 Å². The van der Waals surface area contributed by atoms with Crippen LogP contribution >= 0.6 is 11.6 Å². The number of nitrogens with zero attached hydrogens (tertiary/aromatic N) is 3. The average Bonchev–Trinajstić information content (AvgIpc) is 3.04. The van der Waals surface area contributed by atoms with Gasteiger partial charge in [0.1, 0.15) is 0 Å². The molecule has 1 atom stereocenters. The highest BCUT2D eigenvalue weighted by atomic mass is 35.5. The average molecular weight is 336 g/mol. The Morgan fingerprint density at radius 1 is 1.39 bits per heavy atom. The number of halogens is 1. The van der Waals surface area contributed by atoms with Crippen molar-refractivity contribution in [2.75, 3.05) is 19.7 Å². The molecule has 0 radical (unpaired) electrons. The number of morpholine rings is 1. The van der Waals surface area contributed by atoms with Crippen LogP contribution in [0.25, 0.3) is 5.69 Å². The number of ether oxygens (including phenoxy) is 1. The fourth-order valence-corrected chi connectivity index (χ4v) is 2.54.